The van der Waals surface area contributed by atoms with Crippen LogP contribution in [0, 0.1) is 0 Å². The van der Waals surface area contributed by atoms with E-state index in [2.05, 4.69) is 0 Å². The number of rotatable bonds is 10. The summed E-state index contributed by atoms with van der Waals surface area (Å²) in [7, 11) is 1.76. The standard InChI is InChI=1S/C21H25NO5/c1-3-11-26-19-6-4-5-17(12-19)13-20(23)22(2)14-16-7-9-18(10-8-16)27-15-21(24)25/h4-10,12H,3,11,13-15H2,1-2H3,(H,24,25). The van der Waals surface area contributed by atoms with Crippen molar-refractivity contribution in [3.05, 3.63) is 59.7 Å². The highest BCUT2D eigenvalue weighted by Crippen LogP contribution is 2.16. The summed E-state index contributed by atoms with van der Waals surface area (Å²) in [6.45, 7) is 2.79. The highest BCUT2D eigenvalue weighted by Gasteiger charge is 2.11. The van der Waals surface area contributed by atoms with Crippen LogP contribution < -0.4 is 9.47 Å². The molecule has 1 amide bonds. The van der Waals surface area contributed by atoms with E-state index in [1.165, 1.54) is 0 Å². The molecular formula is C21H25NO5. The predicted molar refractivity (Wildman–Crippen MR) is 102 cm³/mol. The minimum atomic E-state index is -1.02. The Bertz CT molecular complexity index is 757. The molecule has 0 bridgehead atoms. The van der Waals surface area contributed by atoms with E-state index in [-0.39, 0.29) is 12.5 Å². The monoisotopic (exact) mass is 371 g/mol. The Morgan fingerprint density at radius 3 is 2.41 bits per heavy atom. The minimum absolute atomic E-state index is 0.00819. The van der Waals surface area contributed by atoms with E-state index in [0.717, 1.165) is 23.3 Å². The number of amides is 1. The lowest BCUT2D eigenvalue weighted by Gasteiger charge is -2.18. The maximum absolute atomic E-state index is 12.5. The number of likely N-dealkylation sites (N-methyl/N-ethyl adjacent to an activating group) is 1. The van der Waals surface area contributed by atoms with Crippen LogP contribution >= 0.6 is 0 Å². The Kier molecular flexibility index (Phi) is 7.67. The molecule has 0 aliphatic rings. The fraction of sp³-hybridized carbons (Fsp3) is 0.333. The third kappa shape index (κ3) is 7.01. The molecule has 144 valence electrons. The molecule has 0 saturated heterocycles. The summed E-state index contributed by atoms with van der Waals surface area (Å²) in [5, 5.41) is 8.61. The molecule has 0 aromatic heterocycles. The van der Waals surface area contributed by atoms with E-state index in [9.17, 15) is 9.59 Å². The van der Waals surface area contributed by atoms with Gasteiger partial charge in [-0.3, -0.25) is 4.79 Å². The van der Waals surface area contributed by atoms with Crippen molar-refractivity contribution in [2.24, 2.45) is 0 Å². The SMILES string of the molecule is CCCOc1cccc(CC(=O)N(C)Cc2ccc(OCC(=O)O)cc2)c1. The van der Waals surface area contributed by atoms with Crippen LogP contribution in [0.5, 0.6) is 11.5 Å². The lowest BCUT2D eigenvalue weighted by atomic mass is 10.1. The van der Waals surface area contributed by atoms with E-state index in [1.54, 1.807) is 24.1 Å². The zero-order valence-electron chi connectivity index (χ0n) is 15.7. The molecule has 0 radical (unpaired) electrons. The van der Waals surface area contributed by atoms with E-state index in [0.29, 0.717) is 25.3 Å². The summed E-state index contributed by atoms with van der Waals surface area (Å²) in [6.07, 6.45) is 1.24. The Hall–Kier alpha value is -3.02. The van der Waals surface area contributed by atoms with Crippen molar-refractivity contribution < 1.29 is 24.2 Å². The third-order valence-electron chi connectivity index (χ3n) is 3.86. The Morgan fingerprint density at radius 2 is 1.74 bits per heavy atom. The van der Waals surface area contributed by atoms with Crippen LogP contribution in [0.3, 0.4) is 0 Å². The Morgan fingerprint density at radius 1 is 1.00 bits per heavy atom. The number of benzene rings is 2. The lowest BCUT2D eigenvalue weighted by molar-refractivity contribution is -0.139. The van der Waals surface area contributed by atoms with E-state index in [1.807, 2.05) is 43.3 Å². The van der Waals surface area contributed by atoms with Crippen molar-refractivity contribution in [1.29, 1.82) is 0 Å². The first-order chi connectivity index (χ1) is 13.0. The van der Waals surface area contributed by atoms with E-state index in [4.69, 9.17) is 14.6 Å². The van der Waals surface area contributed by atoms with Gasteiger partial charge in [-0.05, 0) is 41.8 Å². The maximum Gasteiger partial charge on any atom is 0.341 e. The number of aliphatic carboxylic acids is 1. The first-order valence-electron chi connectivity index (χ1n) is 8.87. The number of carboxylic acids is 1. The zero-order chi connectivity index (χ0) is 19.6. The normalized spacial score (nSPS) is 10.3. The second-order valence-electron chi connectivity index (χ2n) is 6.25. The number of hydrogen-bond acceptors (Lipinski definition) is 4. The number of carbonyl (C=O) groups excluding carboxylic acids is 1. The van der Waals surface area contributed by atoms with E-state index >= 15 is 0 Å². The predicted octanol–water partition coefficient (Wildman–Crippen LogP) is 3.14. The summed E-state index contributed by atoms with van der Waals surface area (Å²) in [5.41, 5.74) is 1.85. The number of carboxylic acid groups (broad SMARTS) is 1. The molecule has 0 heterocycles. The Balaban J connectivity index is 1.89. The van der Waals surface area contributed by atoms with Crippen molar-refractivity contribution in [2.75, 3.05) is 20.3 Å². The molecule has 6 nitrogen and oxygen atoms in total. The van der Waals surface area contributed by atoms with Crippen molar-refractivity contribution in [3.8, 4) is 11.5 Å². The summed E-state index contributed by atoms with van der Waals surface area (Å²) in [6, 6.07) is 14.6. The van der Waals surface area contributed by atoms with Gasteiger partial charge in [-0.2, -0.15) is 0 Å². The molecule has 0 unspecified atom stereocenters. The summed E-state index contributed by atoms with van der Waals surface area (Å²) < 4.78 is 10.7. The van der Waals surface area contributed by atoms with Crippen LogP contribution in [0.25, 0.3) is 0 Å². The second kappa shape index (κ2) is 10.2. The van der Waals surface area contributed by atoms with Gasteiger partial charge in [0.1, 0.15) is 11.5 Å². The van der Waals surface area contributed by atoms with Crippen LogP contribution in [0.1, 0.15) is 24.5 Å². The maximum atomic E-state index is 12.5. The second-order valence-corrected chi connectivity index (χ2v) is 6.25. The number of nitrogens with zero attached hydrogens (tertiary/aromatic N) is 1. The van der Waals surface area contributed by atoms with Crippen LogP contribution in [-0.4, -0.2) is 42.1 Å². The molecule has 2 rings (SSSR count). The largest absolute Gasteiger partial charge is 0.494 e. The van der Waals surface area contributed by atoms with Crippen LogP contribution in [-0.2, 0) is 22.6 Å². The highest BCUT2D eigenvalue weighted by atomic mass is 16.5. The molecule has 0 aliphatic carbocycles. The zero-order valence-corrected chi connectivity index (χ0v) is 15.7. The van der Waals surface area contributed by atoms with Crippen LogP contribution in [0.15, 0.2) is 48.5 Å². The fourth-order valence-electron chi connectivity index (χ4n) is 2.47. The van der Waals surface area contributed by atoms with Crippen molar-refractivity contribution in [1.82, 2.24) is 4.90 Å². The van der Waals surface area contributed by atoms with Gasteiger partial charge in [-0.15, -0.1) is 0 Å². The van der Waals surface area contributed by atoms with Gasteiger partial charge >= 0.3 is 5.97 Å². The topological polar surface area (TPSA) is 76.1 Å². The van der Waals surface area contributed by atoms with Crippen molar-refractivity contribution >= 4 is 11.9 Å². The van der Waals surface area contributed by atoms with Gasteiger partial charge in [0.15, 0.2) is 6.61 Å². The molecule has 27 heavy (non-hydrogen) atoms. The first-order valence-corrected chi connectivity index (χ1v) is 8.87. The van der Waals surface area contributed by atoms with Crippen molar-refractivity contribution in [2.45, 2.75) is 26.3 Å². The van der Waals surface area contributed by atoms with Crippen LogP contribution in [0.2, 0.25) is 0 Å². The van der Waals surface area contributed by atoms with Gasteiger partial charge in [-0.25, -0.2) is 4.79 Å². The number of carbonyl (C=O) groups is 2. The molecular weight excluding hydrogens is 346 g/mol. The lowest BCUT2D eigenvalue weighted by Crippen LogP contribution is -2.27. The van der Waals surface area contributed by atoms with Gasteiger partial charge in [0.2, 0.25) is 5.91 Å². The number of hydrogen-bond donors (Lipinski definition) is 1. The third-order valence-corrected chi connectivity index (χ3v) is 3.86. The molecule has 6 heteroatoms. The minimum Gasteiger partial charge on any atom is -0.494 e. The fourth-order valence-corrected chi connectivity index (χ4v) is 2.47. The van der Waals surface area contributed by atoms with Gasteiger partial charge in [-0.1, -0.05) is 31.2 Å². The molecule has 0 saturated carbocycles. The molecule has 0 spiro atoms. The molecule has 2 aromatic carbocycles. The van der Waals surface area contributed by atoms with Gasteiger partial charge in [0, 0.05) is 13.6 Å². The number of ether oxygens (including phenoxy) is 2. The smallest absolute Gasteiger partial charge is 0.341 e. The molecule has 0 fully saturated rings. The van der Waals surface area contributed by atoms with Crippen molar-refractivity contribution in [3.63, 3.8) is 0 Å². The summed E-state index contributed by atoms with van der Waals surface area (Å²) >= 11 is 0. The average molecular weight is 371 g/mol. The molecule has 1 N–H and O–H groups in total. The Labute approximate surface area is 159 Å². The quantitative estimate of drug-likeness (QED) is 0.694. The molecule has 0 atom stereocenters. The van der Waals surface area contributed by atoms with Gasteiger partial charge in [0.25, 0.3) is 0 Å². The van der Waals surface area contributed by atoms with Crippen LogP contribution in [0.4, 0.5) is 0 Å². The highest BCUT2D eigenvalue weighted by molar-refractivity contribution is 5.78. The summed E-state index contributed by atoms with van der Waals surface area (Å²) in [5.74, 6) is 0.253. The average Bonchev–Trinajstić information content (AvgIpc) is 2.66. The van der Waals surface area contributed by atoms with E-state index < -0.39 is 5.97 Å². The first kappa shape index (κ1) is 20.3. The summed E-state index contributed by atoms with van der Waals surface area (Å²) in [4.78, 5) is 24.6. The van der Waals surface area contributed by atoms with Gasteiger partial charge < -0.3 is 19.5 Å². The van der Waals surface area contributed by atoms with Gasteiger partial charge in [0.05, 0.1) is 13.0 Å². The molecule has 0 aliphatic heterocycles. The molecule has 2 aromatic rings.